The Bertz CT molecular complexity index is 9860. The van der Waals surface area contributed by atoms with Crippen LogP contribution in [-0.2, 0) is 0 Å². The molecule has 0 unspecified atom stereocenters. The molecule has 138 heavy (non-hydrogen) atoms. The van der Waals surface area contributed by atoms with E-state index >= 15 is 0 Å². The number of aromatic nitrogens is 8. The standard InChI is InChI=1S/C128H74N8O2/c1-4-23-75(24-5-1)77-49-51-79(52-50-77)124-129-123(78-27-8-3-9-28-78)130-127(131-124)92-36-20-38-94(67-92)136-113-60-55-85(87-57-62-116-110(71-87)122-104-47-22-45-102-96-40-11-13-42-98(96)108(120(102)104)74-118(122)138-116)69-106(113)100-58-53-88(72-114(100)136)82-31-16-30-81(63-82)83-32-18-34-90(65-83)126-132-125(89-33-17-29-80(64-89)76-25-6-2-7-26-76)133-128(134-126)91-35-19-37-93(66-91)135-111-48-15-14-43-99(111)105-68-84(54-59-112(105)135)86-56-61-115-109(70-86)121-103-46-21-44-101-95-39-10-12-41-97(95)107(119(101)103)73-117(121)137-115/h1-74H. The molecule has 21 aromatic carbocycles. The normalized spacial score (nSPS) is 12.1. The van der Waals surface area contributed by atoms with Crippen LogP contribution in [0, 0.1) is 0 Å². The topological polar surface area (TPSA) is 113 Å². The summed E-state index contributed by atoms with van der Waals surface area (Å²) in [6.07, 6.45) is 0. The molecule has 0 saturated heterocycles. The van der Waals surface area contributed by atoms with Gasteiger partial charge in [0, 0.05) is 87.8 Å². The summed E-state index contributed by atoms with van der Waals surface area (Å²) in [6, 6.07) is 161. The van der Waals surface area contributed by atoms with Crippen LogP contribution in [0.3, 0.4) is 0 Å². The van der Waals surface area contributed by atoms with E-state index in [0.717, 1.165) is 199 Å². The van der Waals surface area contributed by atoms with Crippen molar-refractivity contribution in [3.8, 4) is 191 Å². The van der Waals surface area contributed by atoms with Crippen LogP contribution in [0.5, 0.6) is 0 Å². The van der Waals surface area contributed by atoms with Gasteiger partial charge in [-0.05, 0) is 248 Å². The molecule has 638 valence electrons. The van der Waals surface area contributed by atoms with E-state index < -0.39 is 0 Å². The Hall–Kier alpha value is -18.6. The minimum atomic E-state index is 0.552. The van der Waals surface area contributed by atoms with Crippen LogP contribution in [0.4, 0.5) is 0 Å². The first-order chi connectivity index (χ1) is 68.3. The van der Waals surface area contributed by atoms with Crippen molar-refractivity contribution in [3.63, 3.8) is 0 Å². The highest BCUT2D eigenvalue weighted by molar-refractivity contribution is 6.30. The third-order valence-corrected chi connectivity index (χ3v) is 28.5. The van der Waals surface area contributed by atoms with E-state index in [4.69, 9.17) is 38.7 Å². The first-order valence-corrected chi connectivity index (χ1v) is 46.8. The van der Waals surface area contributed by atoms with Crippen molar-refractivity contribution in [2.45, 2.75) is 0 Å². The minimum absolute atomic E-state index is 0.552. The zero-order chi connectivity index (χ0) is 90.3. The number of hydrogen-bond acceptors (Lipinski definition) is 8. The summed E-state index contributed by atoms with van der Waals surface area (Å²) in [5, 5.41) is 14.0. The van der Waals surface area contributed by atoms with E-state index in [1.807, 2.05) is 24.3 Å². The molecule has 6 aromatic heterocycles. The number of hydrogen-bond donors (Lipinski definition) is 0. The molecule has 2 aliphatic rings. The lowest BCUT2D eigenvalue weighted by atomic mass is 9.96. The minimum Gasteiger partial charge on any atom is -0.456 e. The lowest BCUT2D eigenvalue weighted by Gasteiger charge is -2.13. The third kappa shape index (κ3) is 12.3. The van der Waals surface area contributed by atoms with Crippen LogP contribution in [0.15, 0.2) is 458 Å². The number of benzene rings is 21. The van der Waals surface area contributed by atoms with Gasteiger partial charge in [0.2, 0.25) is 0 Å². The van der Waals surface area contributed by atoms with Gasteiger partial charge in [0.05, 0.1) is 22.1 Å². The van der Waals surface area contributed by atoms with Gasteiger partial charge in [-0.1, -0.05) is 334 Å². The van der Waals surface area contributed by atoms with Crippen molar-refractivity contribution in [2.24, 2.45) is 0 Å². The number of rotatable bonds is 14. The zero-order valence-corrected chi connectivity index (χ0v) is 74.1. The largest absolute Gasteiger partial charge is 0.456 e. The maximum atomic E-state index is 6.82. The highest BCUT2D eigenvalue weighted by atomic mass is 16.3. The average Bonchev–Trinajstić information content (AvgIpc) is 1.59. The maximum Gasteiger partial charge on any atom is 0.164 e. The molecule has 10 nitrogen and oxygen atoms in total. The molecule has 0 fully saturated rings. The van der Waals surface area contributed by atoms with E-state index in [9.17, 15) is 0 Å². The SMILES string of the molecule is c1ccc(-c2ccc(-c3nc(-c4ccccc4)nc(-c4cccc(-n5c6ccc(-c7ccc8oc9cc%10c%11c(cccc%11c9c8c7)-c7ccccc7-%10)cc6c6ccc(-c7cccc(-c8cccc(-c9nc(-c%10cccc(-c%11ccccc%11)c%10)nc(-c%10cccc(-n%11c%12ccccc%12c%12cc(-c%13ccc%14oc%15cc%16c%17c(cccc%17c%15c%14c%13)-c%13ccccc%13-%16)ccc%12%11)c%10)n9)c8)c7)cc65)c4)n3)cc2)cc1. The molecular weight excluding hydrogens is 1680 g/mol. The second kappa shape index (κ2) is 30.5. The second-order valence-electron chi connectivity index (χ2n) is 36.3. The fraction of sp³-hybridized carbons (Fsp3) is 0. The van der Waals surface area contributed by atoms with E-state index in [-0.39, 0.29) is 0 Å². The predicted octanol–water partition coefficient (Wildman–Crippen LogP) is 33.7. The van der Waals surface area contributed by atoms with Gasteiger partial charge in [-0.15, -0.1) is 0 Å². The molecule has 6 heterocycles. The summed E-state index contributed by atoms with van der Waals surface area (Å²) in [5.41, 5.74) is 38.0. The zero-order valence-electron chi connectivity index (χ0n) is 74.1. The predicted molar refractivity (Wildman–Crippen MR) is 566 cm³/mol. The lowest BCUT2D eigenvalue weighted by Crippen LogP contribution is -2.01. The van der Waals surface area contributed by atoms with Crippen molar-refractivity contribution < 1.29 is 8.83 Å². The molecule has 0 amide bonds. The summed E-state index contributed by atoms with van der Waals surface area (Å²) in [6.45, 7) is 0. The summed E-state index contributed by atoms with van der Waals surface area (Å²) in [5.74, 6) is 3.41. The average molecular weight is 1760 g/mol. The smallest absolute Gasteiger partial charge is 0.164 e. The molecule has 0 N–H and O–H groups in total. The first kappa shape index (κ1) is 77.0. The molecule has 0 aliphatic heterocycles. The van der Waals surface area contributed by atoms with E-state index in [1.54, 1.807) is 0 Å². The van der Waals surface area contributed by atoms with Gasteiger partial charge >= 0.3 is 0 Å². The van der Waals surface area contributed by atoms with Crippen LogP contribution in [0.25, 0.3) is 300 Å². The molecule has 0 saturated carbocycles. The number of nitrogens with zero attached hydrogens (tertiary/aromatic N) is 8. The van der Waals surface area contributed by atoms with Crippen LogP contribution < -0.4 is 0 Å². The molecule has 2 aliphatic carbocycles. The van der Waals surface area contributed by atoms with Gasteiger partial charge in [-0.3, -0.25) is 0 Å². The Kier molecular flexibility index (Phi) is 17.0. The van der Waals surface area contributed by atoms with Gasteiger partial charge in [-0.2, -0.15) is 0 Å². The molecule has 0 bridgehead atoms. The maximum absolute atomic E-state index is 6.82. The van der Waals surface area contributed by atoms with Gasteiger partial charge in [0.15, 0.2) is 34.9 Å². The quantitative estimate of drug-likeness (QED) is 0.106. The van der Waals surface area contributed by atoms with Gasteiger partial charge in [-0.25, -0.2) is 29.9 Å². The van der Waals surface area contributed by atoms with Crippen LogP contribution >= 0.6 is 0 Å². The van der Waals surface area contributed by atoms with Gasteiger partial charge in [0.25, 0.3) is 0 Å². The Morgan fingerprint density at radius 1 is 0.138 bits per heavy atom. The highest BCUT2D eigenvalue weighted by Crippen LogP contribution is 2.55. The van der Waals surface area contributed by atoms with Crippen molar-refractivity contribution >= 4 is 109 Å². The summed E-state index contributed by atoms with van der Waals surface area (Å²) >= 11 is 0. The van der Waals surface area contributed by atoms with Gasteiger partial charge in [0.1, 0.15) is 22.3 Å². The van der Waals surface area contributed by atoms with E-state index in [1.165, 1.54) is 66.1 Å². The molecule has 29 rings (SSSR count). The van der Waals surface area contributed by atoms with Crippen LogP contribution in [-0.4, -0.2) is 39.0 Å². The second-order valence-corrected chi connectivity index (χ2v) is 36.3. The molecule has 0 radical (unpaired) electrons. The molecule has 10 heteroatoms. The number of fused-ring (bicyclic) bond motifs is 20. The number of para-hydroxylation sites is 1. The van der Waals surface area contributed by atoms with E-state index in [2.05, 4.69) is 434 Å². The number of furan rings is 2. The molecule has 27 aromatic rings. The van der Waals surface area contributed by atoms with Crippen molar-refractivity contribution in [1.29, 1.82) is 0 Å². The molecule has 0 spiro atoms. The third-order valence-electron chi connectivity index (χ3n) is 28.5. The Morgan fingerprint density at radius 2 is 0.420 bits per heavy atom. The molecule has 0 atom stereocenters. The van der Waals surface area contributed by atoms with E-state index in [0.29, 0.717) is 34.9 Å². The molecular formula is C128H74N8O2. The van der Waals surface area contributed by atoms with Crippen molar-refractivity contribution in [2.75, 3.05) is 0 Å². The summed E-state index contributed by atoms with van der Waals surface area (Å²) in [4.78, 5) is 32.2. The van der Waals surface area contributed by atoms with Crippen LogP contribution in [0.1, 0.15) is 0 Å². The summed E-state index contributed by atoms with van der Waals surface area (Å²) < 4.78 is 18.3. The Labute approximate surface area is 791 Å². The van der Waals surface area contributed by atoms with Crippen molar-refractivity contribution in [3.05, 3.63) is 449 Å². The fourth-order valence-electron chi connectivity index (χ4n) is 22.0. The summed E-state index contributed by atoms with van der Waals surface area (Å²) in [7, 11) is 0. The van der Waals surface area contributed by atoms with Gasteiger partial charge < -0.3 is 18.0 Å². The highest BCUT2D eigenvalue weighted by Gasteiger charge is 2.30. The van der Waals surface area contributed by atoms with Crippen LogP contribution in [0.2, 0.25) is 0 Å². The lowest BCUT2D eigenvalue weighted by molar-refractivity contribution is 0.669. The monoisotopic (exact) mass is 1750 g/mol. The first-order valence-electron chi connectivity index (χ1n) is 46.8. The Morgan fingerprint density at radius 3 is 0.906 bits per heavy atom. The van der Waals surface area contributed by atoms with Crippen molar-refractivity contribution in [1.82, 2.24) is 39.0 Å². The fourth-order valence-corrected chi connectivity index (χ4v) is 22.0. The Balaban J connectivity index is 0.539.